The number of halogens is 7. The Balaban J connectivity index is 1.56. The number of sulfone groups is 1. The Morgan fingerprint density at radius 3 is 2.00 bits per heavy atom. The number of likely N-dealkylation sites (tertiary alicyclic amines) is 1. The normalized spacial score (nSPS) is 22.1. The van der Waals surface area contributed by atoms with Crippen LogP contribution in [0.1, 0.15) is 60.2 Å². The second-order valence-corrected chi connectivity index (χ2v) is 15.0. The number of hydrogen-bond donors (Lipinski definition) is 1. The SMILES string of the molecule is Cc1noc(C)c1COC(c1ccc([C@]2(S(=O)(=O)c3ccc(F)cc3)CCN(C(=O)[C@H]3CC[C@H](C(=O)O)CC3)C2)cc1)(C(F)(F)F)C(F)(F)F. The van der Waals surface area contributed by atoms with E-state index < -0.39 is 80.8 Å². The van der Waals surface area contributed by atoms with Gasteiger partial charge in [-0.25, -0.2) is 12.8 Å². The number of nitrogens with zero attached hydrogens (tertiary/aromatic N) is 2. The van der Waals surface area contributed by atoms with E-state index in [1.807, 2.05) is 0 Å². The summed E-state index contributed by atoms with van der Waals surface area (Å²) in [5, 5.41) is 12.9. The molecule has 2 heterocycles. The van der Waals surface area contributed by atoms with Crippen LogP contribution < -0.4 is 0 Å². The van der Waals surface area contributed by atoms with Crippen molar-refractivity contribution in [1.29, 1.82) is 0 Å². The molecule has 1 saturated heterocycles. The maximum absolute atomic E-state index is 14.6. The van der Waals surface area contributed by atoms with Crippen molar-refractivity contribution < 1.29 is 63.1 Å². The predicted octanol–water partition coefficient (Wildman–Crippen LogP) is 6.76. The molecule has 2 aliphatic rings. The summed E-state index contributed by atoms with van der Waals surface area (Å²) in [6, 6.07) is 6.44. The highest BCUT2D eigenvalue weighted by atomic mass is 32.2. The van der Waals surface area contributed by atoms with E-state index in [4.69, 9.17) is 9.26 Å². The summed E-state index contributed by atoms with van der Waals surface area (Å²) in [5.74, 6) is -3.45. The van der Waals surface area contributed by atoms with E-state index in [2.05, 4.69) is 5.16 Å². The van der Waals surface area contributed by atoms with Gasteiger partial charge in [0.2, 0.25) is 5.91 Å². The molecule has 1 amide bonds. The summed E-state index contributed by atoms with van der Waals surface area (Å²) in [5.41, 5.74) is -6.50. The van der Waals surface area contributed by atoms with Gasteiger partial charge in [-0.1, -0.05) is 29.4 Å². The maximum Gasteiger partial charge on any atom is 0.430 e. The Hall–Kier alpha value is -3.99. The third kappa shape index (κ3) is 6.37. The van der Waals surface area contributed by atoms with Crippen LogP contribution in [0.15, 0.2) is 57.9 Å². The number of carbonyl (C=O) groups is 2. The molecule has 9 nitrogen and oxygen atoms in total. The second kappa shape index (κ2) is 13.3. The monoisotopic (exact) mass is 734 g/mol. The molecule has 17 heteroatoms. The van der Waals surface area contributed by atoms with Gasteiger partial charge in [0.05, 0.1) is 23.1 Å². The lowest BCUT2D eigenvalue weighted by atomic mass is 9.81. The summed E-state index contributed by atoms with van der Waals surface area (Å²) < 4.78 is 138. The zero-order valence-electron chi connectivity index (χ0n) is 26.8. The number of aromatic nitrogens is 1. The van der Waals surface area contributed by atoms with Crippen LogP contribution in [-0.4, -0.2) is 60.9 Å². The molecule has 0 spiro atoms. The van der Waals surface area contributed by atoms with E-state index in [1.54, 1.807) is 0 Å². The minimum atomic E-state index is -6.04. The molecule has 0 radical (unpaired) electrons. The second-order valence-electron chi connectivity index (χ2n) is 12.7. The van der Waals surface area contributed by atoms with Gasteiger partial charge in [-0.05, 0) is 75.8 Å². The third-order valence-corrected chi connectivity index (χ3v) is 12.3. The smallest absolute Gasteiger partial charge is 0.430 e. The largest absolute Gasteiger partial charge is 0.481 e. The predicted molar refractivity (Wildman–Crippen MR) is 161 cm³/mol. The van der Waals surface area contributed by atoms with Crippen molar-refractivity contribution in [2.75, 3.05) is 13.1 Å². The van der Waals surface area contributed by atoms with Gasteiger partial charge in [0.15, 0.2) is 9.84 Å². The van der Waals surface area contributed by atoms with Gasteiger partial charge in [-0.2, -0.15) is 26.3 Å². The fourth-order valence-corrected chi connectivity index (χ4v) is 8.97. The van der Waals surface area contributed by atoms with Crippen LogP contribution in [0.4, 0.5) is 30.7 Å². The number of carboxylic acid groups (broad SMARTS) is 1. The van der Waals surface area contributed by atoms with Crippen LogP contribution in [0.3, 0.4) is 0 Å². The fourth-order valence-electron chi connectivity index (χ4n) is 6.90. The minimum absolute atomic E-state index is 0.0271. The first-order valence-corrected chi connectivity index (χ1v) is 17.1. The van der Waals surface area contributed by atoms with Crippen molar-refractivity contribution in [3.63, 3.8) is 0 Å². The van der Waals surface area contributed by atoms with E-state index in [9.17, 15) is 53.8 Å². The Bertz CT molecular complexity index is 1800. The minimum Gasteiger partial charge on any atom is -0.481 e. The number of amides is 1. The van der Waals surface area contributed by atoms with Crippen LogP contribution in [0.25, 0.3) is 0 Å². The van der Waals surface area contributed by atoms with Crippen LogP contribution >= 0.6 is 0 Å². The van der Waals surface area contributed by atoms with Gasteiger partial charge >= 0.3 is 18.3 Å². The molecular formula is C33H33F7N2O7S. The lowest BCUT2D eigenvalue weighted by molar-refractivity contribution is -0.392. The van der Waals surface area contributed by atoms with E-state index >= 15 is 0 Å². The Kier molecular flexibility index (Phi) is 9.90. The number of ether oxygens (including phenoxy) is 1. The summed E-state index contributed by atoms with van der Waals surface area (Å²) in [6.07, 6.45) is -11.4. The van der Waals surface area contributed by atoms with Crippen molar-refractivity contribution >= 4 is 21.7 Å². The van der Waals surface area contributed by atoms with Gasteiger partial charge in [0, 0.05) is 30.1 Å². The molecule has 2 fully saturated rings. The van der Waals surface area contributed by atoms with E-state index in [-0.39, 0.29) is 66.1 Å². The molecule has 0 unspecified atom stereocenters. The Labute approximate surface area is 282 Å². The highest BCUT2D eigenvalue weighted by Crippen LogP contribution is 2.54. The molecule has 1 saturated carbocycles. The van der Waals surface area contributed by atoms with E-state index in [0.717, 1.165) is 36.4 Å². The van der Waals surface area contributed by atoms with Gasteiger partial charge in [-0.15, -0.1) is 0 Å². The highest BCUT2D eigenvalue weighted by Gasteiger charge is 2.73. The first-order chi connectivity index (χ1) is 23.2. The average molecular weight is 735 g/mol. The Morgan fingerprint density at radius 1 is 0.940 bits per heavy atom. The summed E-state index contributed by atoms with van der Waals surface area (Å²) in [4.78, 5) is 25.9. The molecule has 2 aromatic carbocycles. The zero-order chi connectivity index (χ0) is 36.9. The fraction of sp³-hybridized carbons (Fsp3) is 0.485. The number of alkyl halides is 6. The molecule has 1 N–H and O–H groups in total. The van der Waals surface area contributed by atoms with Crippen molar-refractivity contribution in [3.05, 3.63) is 82.5 Å². The van der Waals surface area contributed by atoms with Crippen molar-refractivity contribution in [3.8, 4) is 0 Å². The standard InChI is InChI=1S/C33H33F7N2O7S/c1-19-27(20(2)49-41-19)17-48-31(32(35,36)37,33(38,39)40)24-9-7-23(8-10-24)30(50(46,47)26-13-11-25(34)12-14-26)15-16-42(18-30)28(43)21-3-5-22(6-4-21)29(44)45/h7-14,21-22H,3-6,15-18H2,1-2H3,(H,44,45)/t21-,22-,30-/m0/s1. The molecule has 5 rings (SSSR count). The molecule has 272 valence electrons. The van der Waals surface area contributed by atoms with Gasteiger partial charge in [0.25, 0.3) is 5.60 Å². The number of aliphatic carboxylic acids is 1. The third-order valence-electron chi connectivity index (χ3n) is 9.84. The zero-order valence-corrected chi connectivity index (χ0v) is 27.6. The number of benzene rings is 2. The molecule has 0 bridgehead atoms. The van der Waals surface area contributed by atoms with Crippen LogP contribution in [0, 0.1) is 31.5 Å². The molecule has 1 aliphatic heterocycles. The van der Waals surface area contributed by atoms with Crippen LogP contribution in [0.2, 0.25) is 0 Å². The van der Waals surface area contributed by atoms with Crippen molar-refractivity contribution in [2.24, 2.45) is 11.8 Å². The number of carboxylic acids is 1. The topological polar surface area (TPSA) is 127 Å². The molecular weight excluding hydrogens is 701 g/mol. The van der Waals surface area contributed by atoms with Gasteiger partial charge in [0.1, 0.15) is 16.3 Å². The molecule has 1 aliphatic carbocycles. The molecule has 3 aromatic rings. The van der Waals surface area contributed by atoms with E-state index in [1.165, 1.54) is 18.7 Å². The number of rotatable bonds is 9. The lowest BCUT2D eigenvalue weighted by Gasteiger charge is -2.38. The maximum atomic E-state index is 14.6. The number of aryl methyl sites for hydroxylation is 2. The average Bonchev–Trinajstić information content (AvgIpc) is 3.65. The molecule has 1 aromatic heterocycles. The van der Waals surface area contributed by atoms with Crippen LogP contribution in [0.5, 0.6) is 0 Å². The Morgan fingerprint density at radius 2 is 1.50 bits per heavy atom. The first kappa shape index (κ1) is 37.3. The van der Waals surface area contributed by atoms with Crippen molar-refractivity contribution in [2.45, 2.75) is 80.2 Å². The van der Waals surface area contributed by atoms with E-state index in [0.29, 0.717) is 12.1 Å². The quantitative estimate of drug-likeness (QED) is 0.189. The summed E-state index contributed by atoms with van der Waals surface area (Å²) in [7, 11) is -4.57. The summed E-state index contributed by atoms with van der Waals surface area (Å²) >= 11 is 0. The molecule has 1 atom stereocenters. The number of hydrogen-bond acceptors (Lipinski definition) is 7. The molecule has 50 heavy (non-hydrogen) atoms. The lowest BCUT2D eigenvalue weighted by Crippen LogP contribution is -2.56. The summed E-state index contributed by atoms with van der Waals surface area (Å²) in [6.45, 7) is 0.820. The van der Waals surface area contributed by atoms with Crippen molar-refractivity contribution in [1.82, 2.24) is 10.1 Å². The van der Waals surface area contributed by atoms with Crippen LogP contribution in [-0.2, 0) is 41.1 Å². The highest BCUT2D eigenvalue weighted by molar-refractivity contribution is 7.92. The first-order valence-electron chi connectivity index (χ1n) is 15.6. The van der Waals surface area contributed by atoms with Gasteiger partial charge in [-0.3, -0.25) is 9.59 Å². The number of carbonyl (C=O) groups excluding carboxylic acids is 1. The van der Waals surface area contributed by atoms with Gasteiger partial charge < -0.3 is 19.3 Å².